The molecule has 0 aliphatic carbocycles. The van der Waals surface area contributed by atoms with Gasteiger partial charge in [0.25, 0.3) is 0 Å². The normalized spacial score (nSPS) is 19.0. The van der Waals surface area contributed by atoms with E-state index in [1.807, 2.05) is 0 Å². The van der Waals surface area contributed by atoms with Crippen LogP contribution in [-0.4, -0.2) is 68.2 Å². The molecule has 0 amide bonds. The van der Waals surface area contributed by atoms with Gasteiger partial charge in [-0.1, -0.05) is 0 Å². The molecule has 0 saturated carbocycles. The van der Waals surface area contributed by atoms with E-state index in [9.17, 15) is 10.2 Å². The highest BCUT2D eigenvalue weighted by atomic mass is 32.1. The van der Waals surface area contributed by atoms with Crippen molar-refractivity contribution in [2.24, 2.45) is 5.73 Å². The van der Waals surface area contributed by atoms with Crippen LogP contribution in [-0.2, 0) is 0 Å². The van der Waals surface area contributed by atoms with E-state index in [1.54, 1.807) is 0 Å². The number of aliphatic hydroxyl groups excluding tert-OH is 5. The molecule has 0 bridgehead atoms. The van der Waals surface area contributed by atoms with Crippen molar-refractivity contribution in [2.45, 2.75) is 24.4 Å². The highest BCUT2D eigenvalue weighted by Gasteiger charge is 2.30. The summed E-state index contributed by atoms with van der Waals surface area (Å²) in [5.41, 5.74) is 5.12. The fourth-order valence-electron chi connectivity index (χ4n) is 0.995. The average molecular weight is 240 g/mol. The average Bonchev–Trinajstić information content (AvgIpc) is 2.22. The number of rotatable bonds is 6. The van der Waals surface area contributed by atoms with Crippen LogP contribution >= 0.6 is 12.2 Å². The summed E-state index contributed by atoms with van der Waals surface area (Å²) >= 11 is 4.49. The van der Waals surface area contributed by atoms with Crippen molar-refractivity contribution < 1.29 is 25.5 Å². The molecule has 7 nitrogen and oxygen atoms in total. The minimum Gasteiger partial charge on any atom is -0.394 e. The lowest BCUT2D eigenvalue weighted by Crippen LogP contribution is -2.55. The van der Waals surface area contributed by atoms with Crippen molar-refractivity contribution in [1.82, 2.24) is 5.32 Å². The lowest BCUT2D eigenvalue weighted by molar-refractivity contribution is -0.0895. The van der Waals surface area contributed by atoms with Crippen LogP contribution in [0, 0.1) is 0 Å². The fraction of sp³-hybridized carbons (Fsp3) is 0.857. The second-order valence-electron chi connectivity index (χ2n) is 3.03. The van der Waals surface area contributed by atoms with E-state index in [1.165, 1.54) is 0 Å². The molecule has 0 aromatic carbocycles. The minimum atomic E-state index is -1.60. The Labute approximate surface area is 92.1 Å². The molecule has 0 fully saturated rings. The number of nitrogens with one attached hydrogen (secondary N) is 1. The van der Waals surface area contributed by atoms with Crippen molar-refractivity contribution >= 4 is 17.3 Å². The van der Waals surface area contributed by atoms with Gasteiger partial charge in [0.1, 0.15) is 18.3 Å². The molecule has 8 heteroatoms. The second kappa shape index (κ2) is 6.88. The number of aliphatic hydroxyl groups is 5. The lowest BCUT2D eigenvalue weighted by atomic mass is 10.0. The highest BCUT2D eigenvalue weighted by Crippen LogP contribution is 2.04. The minimum absolute atomic E-state index is 0.154. The Hall–Kier alpha value is -0.510. The molecule has 90 valence electrons. The summed E-state index contributed by atoms with van der Waals surface area (Å²) in [5.74, 6) is 0. The standard InChI is InChI=1S/C7H16N2O5S/c8-7(15)9-3(1-10)5(13)6(14)4(12)2-11/h3-6,10-14H,1-2H2,(H3,8,9,15). The fourth-order valence-corrected chi connectivity index (χ4v) is 1.15. The molecule has 0 saturated heterocycles. The van der Waals surface area contributed by atoms with Crippen LogP contribution in [0.1, 0.15) is 0 Å². The molecular formula is C7H16N2O5S. The Morgan fingerprint density at radius 1 is 1.13 bits per heavy atom. The molecule has 4 unspecified atom stereocenters. The number of nitrogens with two attached hydrogens (primary N) is 1. The van der Waals surface area contributed by atoms with E-state index >= 15 is 0 Å². The first-order valence-corrected chi connectivity index (χ1v) is 4.66. The van der Waals surface area contributed by atoms with Crippen molar-refractivity contribution in [3.8, 4) is 0 Å². The summed E-state index contributed by atoms with van der Waals surface area (Å²) < 4.78 is 0. The summed E-state index contributed by atoms with van der Waals surface area (Å²) in [6, 6.07) is -1.00. The Morgan fingerprint density at radius 3 is 2.00 bits per heavy atom. The van der Waals surface area contributed by atoms with Crippen LogP contribution in [0.15, 0.2) is 0 Å². The first kappa shape index (κ1) is 14.5. The van der Waals surface area contributed by atoms with Crippen LogP contribution in [0.25, 0.3) is 0 Å². The second-order valence-corrected chi connectivity index (χ2v) is 3.47. The molecule has 0 heterocycles. The summed E-state index contributed by atoms with van der Waals surface area (Å²) in [6.07, 6.45) is -4.60. The van der Waals surface area contributed by atoms with Gasteiger partial charge in [0.05, 0.1) is 19.3 Å². The van der Waals surface area contributed by atoms with Crippen LogP contribution in [0.3, 0.4) is 0 Å². The van der Waals surface area contributed by atoms with E-state index in [-0.39, 0.29) is 5.11 Å². The van der Waals surface area contributed by atoms with Crippen molar-refractivity contribution in [3.05, 3.63) is 0 Å². The molecule has 0 aromatic rings. The molecule has 0 spiro atoms. The largest absolute Gasteiger partial charge is 0.394 e. The maximum absolute atomic E-state index is 9.47. The number of hydrogen-bond donors (Lipinski definition) is 7. The molecule has 0 rings (SSSR count). The topological polar surface area (TPSA) is 139 Å². The quantitative estimate of drug-likeness (QED) is 0.235. The van der Waals surface area contributed by atoms with Crippen LogP contribution in [0.4, 0.5) is 0 Å². The van der Waals surface area contributed by atoms with Crippen LogP contribution < -0.4 is 11.1 Å². The van der Waals surface area contributed by atoms with Gasteiger partial charge in [0.2, 0.25) is 0 Å². The zero-order valence-electron chi connectivity index (χ0n) is 7.95. The first-order valence-electron chi connectivity index (χ1n) is 4.26. The van der Waals surface area contributed by atoms with Gasteiger partial charge in [-0.2, -0.15) is 0 Å². The zero-order chi connectivity index (χ0) is 12.0. The van der Waals surface area contributed by atoms with Gasteiger partial charge in [-0.05, 0) is 12.2 Å². The predicted molar refractivity (Wildman–Crippen MR) is 55.9 cm³/mol. The van der Waals surface area contributed by atoms with Gasteiger partial charge in [-0.15, -0.1) is 0 Å². The third-order valence-corrected chi connectivity index (χ3v) is 1.99. The summed E-state index contributed by atoms with van der Waals surface area (Å²) in [7, 11) is 0. The summed E-state index contributed by atoms with van der Waals surface area (Å²) in [4.78, 5) is 0. The van der Waals surface area contributed by atoms with Gasteiger partial charge in [0, 0.05) is 0 Å². The Morgan fingerprint density at radius 2 is 1.67 bits per heavy atom. The number of thiocarbonyl (C=S) groups is 1. The van der Waals surface area contributed by atoms with E-state index in [0.29, 0.717) is 0 Å². The summed E-state index contributed by atoms with van der Waals surface area (Å²) in [6.45, 7) is -1.24. The maximum atomic E-state index is 9.47. The van der Waals surface area contributed by atoms with Crippen molar-refractivity contribution in [3.63, 3.8) is 0 Å². The van der Waals surface area contributed by atoms with Crippen LogP contribution in [0.5, 0.6) is 0 Å². The van der Waals surface area contributed by atoms with E-state index < -0.39 is 37.6 Å². The molecule has 0 aliphatic heterocycles. The monoisotopic (exact) mass is 240 g/mol. The van der Waals surface area contributed by atoms with Gasteiger partial charge in [0.15, 0.2) is 5.11 Å². The third-order valence-electron chi connectivity index (χ3n) is 1.87. The highest BCUT2D eigenvalue weighted by molar-refractivity contribution is 7.80. The van der Waals surface area contributed by atoms with E-state index in [4.69, 9.17) is 21.1 Å². The Balaban J connectivity index is 4.35. The van der Waals surface area contributed by atoms with Crippen molar-refractivity contribution in [2.75, 3.05) is 13.2 Å². The van der Waals surface area contributed by atoms with Gasteiger partial charge in [-0.3, -0.25) is 0 Å². The first-order chi connectivity index (χ1) is 6.93. The molecular weight excluding hydrogens is 224 g/mol. The molecule has 0 aromatic heterocycles. The predicted octanol–water partition coefficient (Wildman–Crippen LogP) is -3.74. The van der Waals surface area contributed by atoms with Gasteiger partial charge >= 0.3 is 0 Å². The SMILES string of the molecule is NC(=S)NC(CO)C(O)C(O)C(O)CO. The Kier molecular flexibility index (Phi) is 6.65. The smallest absolute Gasteiger partial charge is 0.164 e. The van der Waals surface area contributed by atoms with Gasteiger partial charge < -0.3 is 36.6 Å². The van der Waals surface area contributed by atoms with Crippen molar-refractivity contribution in [1.29, 1.82) is 0 Å². The van der Waals surface area contributed by atoms with Gasteiger partial charge in [-0.25, -0.2) is 0 Å². The third kappa shape index (κ3) is 4.69. The molecule has 0 aliphatic rings. The molecule has 8 N–H and O–H groups in total. The van der Waals surface area contributed by atoms with E-state index in [0.717, 1.165) is 0 Å². The Bertz CT molecular complexity index is 206. The van der Waals surface area contributed by atoms with Crippen LogP contribution in [0.2, 0.25) is 0 Å². The lowest BCUT2D eigenvalue weighted by Gasteiger charge is -2.28. The molecule has 4 atom stereocenters. The van der Waals surface area contributed by atoms with E-state index in [2.05, 4.69) is 17.5 Å². The molecule has 0 radical (unpaired) electrons. The zero-order valence-corrected chi connectivity index (χ0v) is 8.76. The number of hydrogen-bond acceptors (Lipinski definition) is 6. The molecule has 15 heavy (non-hydrogen) atoms. The maximum Gasteiger partial charge on any atom is 0.164 e. The summed E-state index contributed by atoms with van der Waals surface area (Å²) in [5, 5.41) is 47.4.